The second kappa shape index (κ2) is 6.38. The van der Waals surface area contributed by atoms with E-state index in [9.17, 15) is 17.6 Å². The molecule has 0 aromatic heterocycles. The lowest BCUT2D eigenvalue weighted by molar-refractivity contribution is -0.0923. The molecule has 0 aliphatic heterocycles. The van der Waals surface area contributed by atoms with Crippen molar-refractivity contribution in [1.82, 2.24) is 0 Å². The molecule has 0 bridgehead atoms. The first-order chi connectivity index (χ1) is 8.82. The zero-order valence-electron chi connectivity index (χ0n) is 10.2. The lowest BCUT2D eigenvalue weighted by Gasteiger charge is -2.08. The number of ether oxygens (including phenoxy) is 1. The number of rotatable bonds is 4. The average Bonchev–Trinajstić information content (AvgIpc) is 2.34. The van der Waals surface area contributed by atoms with Crippen LogP contribution in [-0.2, 0) is 0 Å². The normalized spacial score (nSPS) is 13.6. The predicted molar refractivity (Wildman–Crippen MR) is 64.2 cm³/mol. The molecule has 1 aromatic rings. The molecule has 0 fully saturated rings. The molecule has 1 aromatic carbocycles. The molecule has 0 spiro atoms. The smallest absolute Gasteiger partial charge is 0.414 e. The van der Waals surface area contributed by atoms with Crippen molar-refractivity contribution in [3.8, 4) is 5.75 Å². The predicted octanol–water partition coefficient (Wildman–Crippen LogP) is 3.63. The fourth-order valence-corrected chi connectivity index (χ4v) is 1.20. The Balaban J connectivity index is 2.77. The summed E-state index contributed by atoms with van der Waals surface area (Å²) in [7, 11) is 0. The minimum Gasteiger partial charge on any atom is -0.462 e. The van der Waals surface area contributed by atoms with Crippen molar-refractivity contribution in [3.63, 3.8) is 0 Å². The number of hydrogen-bond acceptors (Lipinski definition) is 2. The van der Waals surface area contributed by atoms with Gasteiger partial charge in [0.1, 0.15) is 12.0 Å². The minimum absolute atomic E-state index is 0.314. The van der Waals surface area contributed by atoms with Gasteiger partial charge in [0, 0.05) is 12.1 Å². The molecule has 0 radical (unpaired) electrons. The lowest BCUT2D eigenvalue weighted by Crippen LogP contribution is -2.19. The van der Waals surface area contributed by atoms with Crippen LogP contribution in [0.25, 0.3) is 0 Å². The minimum atomic E-state index is -4.65. The summed E-state index contributed by atoms with van der Waals surface area (Å²) >= 11 is 0. The summed E-state index contributed by atoms with van der Waals surface area (Å²) in [5, 5.41) is 0. The van der Waals surface area contributed by atoms with Crippen molar-refractivity contribution in [2.45, 2.75) is 13.1 Å². The molecule has 2 nitrogen and oxygen atoms in total. The Labute approximate surface area is 108 Å². The topological polar surface area (TPSA) is 35.2 Å². The number of alkyl halides is 3. The summed E-state index contributed by atoms with van der Waals surface area (Å²) in [6.07, 6.45) is -3.73. The van der Waals surface area contributed by atoms with Crippen LogP contribution in [-0.4, -0.2) is 12.7 Å². The fourth-order valence-electron chi connectivity index (χ4n) is 1.20. The number of benzene rings is 1. The van der Waals surface area contributed by atoms with E-state index in [1.54, 1.807) is 24.3 Å². The van der Waals surface area contributed by atoms with E-state index in [-0.39, 0.29) is 0 Å². The zero-order chi connectivity index (χ0) is 14.5. The van der Waals surface area contributed by atoms with Crippen molar-refractivity contribution in [2.24, 2.45) is 5.73 Å². The number of hydrogen-bond donors (Lipinski definition) is 1. The SMILES string of the molecule is Cc1ccc(O/C=C(F)/C=C(\CN)C(F)(F)F)cc1. The van der Waals surface area contributed by atoms with Crippen molar-refractivity contribution in [2.75, 3.05) is 6.54 Å². The van der Waals surface area contributed by atoms with Gasteiger partial charge in [-0.15, -0.1) is 0 Å². The van der Waals surface area contributed by atoms with Gasteiger partial charge in [0.15, 0.2) is 5.83 Å². The van der Waals surface area contributed by atoms with Crippen LogP contribution in [0.4, 0.5) is 17.6 Å². The maximum Gasteiger partial charge on any atom is 0.414 e. The Morgan fingerprint density at radius 3 is 2.32 bits per heavy atom. The van der Waals surface area contributed by atoms with Crippen LogP contribution < -0.4 is 10.5 Å². The van der Waals surface area contributed by atoms with Gasteiger partial charge in [0.25, 0.3) is 0 Å². The Hall–Kier alpha value is -1.82. The van der Waals surface area contributed by atoms with Crippen molar-refractivity contribution >= 4 is 0 Å². The summed E-state index contributed by atoms with van der Waals surface area (Å²) in [5.41, 5.74) is 4.73. The molecule has 0 unspecified atom stereocenters. The lowest BCUT2D eigenvalue weighted by atomic mass is 10.2. The summed E-state index contributed by atoms with van der Waals surface area (Å²) in [6.45, 7) is 1.06. The standard InChI is InChI=1S/C13H13F4NO/c1-9-2-4-12(5-3-9)19-8-11(14)6-10(7-18)13(15,16)17/h2-6,8H,7,18H2,1H3/b10-6+,11-8-. The van der Waals surface area contributed by atoms with E-state index in [4.69, 9.17) is 10.5 Å². The van der Waals surface area contributed by atoms with E-state index in [0.717, 1.165) is 5.56 Å². The van der Waals surface area contributed by atoms with Gasteiger partial charge in [0.2, 0.25) is 0 Å². The van der Waals surface area contributed by atoms with Gasteiger partial charge in [-0.25, -0.2) is 4.39 Å². The quantitative estimate of drug-likeness (QED) is 0.517. The van der Waals surface area contributed by atoms with Crippen LogP contribution in [0.15, 0.2) is 48.0 Å². The third kappa shape index (κ3) is 5.13. The third-order valence-corrected chi connectivity index (χ3v) is 2.22. The maximum atomic E-state index is 13.2. The van der Waals surface area contributed by atoms with Gasteiger partial charge in [-0.2, -0.15) is 13.2 Å². The molecule has 0 aliphatic carbocycles. The van der Waals surface area contributed by atoms with Gasteiger partial charge in [-0.05, 0) is 25.1 Å². The molecule has 104 valence electrons. The Morgan fingerprint density at radius 1 is 1.26 bits per heavy atom. The monoisotopic (exact) mass is 275 g/mol. The molecule has 2 N–H and O–H groups in total. The molecule has 19 heavy (non-hydrogen) atoms. The number of aryl methyl sites for hydroxylation is 1. The van der Waals surface area contributed by atoms with Crippen molar-refractivity contribution in [3.05, 3.63) is 53.6 Å². The first kappa shape index (κ1) is 15.2. The maximum absolute atomic E-state index is 13.2. The molecule has 0 heterocycles. The summed E-state index contributed by atoms with van der Waals surface area (Å²) in [4.78, 5) is 0. The summed E-state index contributed by atoms with van der Waals surface area (Å²) < 4.78 is 55.0. The molecule has 0 aliphatic rings. The third-order valence-electron chi connectivity index (χ3n) is 2.22. The van der Waals surface area contributed by atoms with Gasteiger partial charge >= 0.3 is 6.18 Å². The van der Waals surface area contributed by atoms with Gasteiger partial charge < -0.3 is 10.5 Å². The van der Waals surface area contributed by atoms with Gasteiger partial charge in [0.05, 0.1) is 0 Å². The Bertz CT molecular complexity index is 474. The van der Waals surface area contributed by atoms with E-state index < -0.39 is 24.1 Å². The van der Waals surface area contributed by atoms with Crippen LogP contribution in [0.3, 0.4) is 0 Å². The van der Waals surface area contributed by atoms with Crippen LogP contribution in [0, 0.1) is 6.92 Å². The van der Waals surface area contributed by atoms with Crippen LogP contribution in [0.5, 0.6) is 5.75 Å². The summed E-state index contributed by atoms with van der Waals surface area (Å²) in [5.74, 6) is -0.825. The highest BCUT2D eigenvalue weighted by Crippen LogP contribution is 2.26. The van der Waals surface area contributed by atoms with E-state index in [1.807, 2.05) is 6.92 Å². The fraction of sp³-hybridized carbons (Fsp3) is 0.231. The highest BCUT2D eigenvalue weighted by Gasteiger charge is 2.32. The number of allylic oxidation sites excluding steroid dienone is 2. The molecule has 0 saturated heterocycles. The molecule has 1 rings (SSSR count). The van der Waals surface area contributed by atoms with E-state index in [0.29, 0.717) is 18.1 Å². The van der Waals surface area contributed by atoms with Crippen LogP contribution >= 0.6 is 0 Å². The highest BCUT2D eigenvalue weighted by molar-refractivity contribution is 5.28. The second-order valence-electron chi connectivity index (χ2n) is 3.81. The molecule has 6 heteroatoms. The van der Waals surface area contributed by atoms with Gasteiger partial charge in [-0.1, -0.05) is 17.7 Å². The average molecular weight is 275 g/mol. The Kier molecular flexibility index (Phi) is 5.11. The van der Waals surface area contributed by atoms with E-state index in [1.165, 1.54) is 0 Å². The Morgan fingerprint density at radius 2 is 1.84 bits per heavy atom. The zero-order valence-corrected chi connectivity index (χ0v) is 10.2. The molecule has 0 atom stereocenters. The van der Waals surface area contributed by atoms with Gasteiger partial charge in [-0.3, -0.25) is 0 Å². The largest absolute Gasteiger partial charge is 0.462 e. The molecular weight excluding hydrogens is 262 g/mol. The molecular formula is C13H13F4NO. The van der Waals surface area contributed by atoms with E-state index in [2.05, 4.69) is 0 Å². The first-order valence-corrected chi connectivity index (χ1v) is 5.39. The molecule has 0 saturated carbocycles. The van der Waals surface area contributed by atoms with Crippen LogP contribution in [0.1, 0.15) is 5.56 Å². The summed E-state index contributed by atoms with van der Waals surface area (Å²) in [6, 6.07) is 6.63. The molecule has 0 amide bonds. The first-order valence-electron chi connectivity index (χ1n) is 5.39. The number of halogens is 4. The van der Waals surface area contributed by atoms with Crippen molar-refractivity contribution in [1.29, 1.82) is 0 Å². The van der Waals surface area contributed by atoms with E-state index >= 15 is 0 Å². The van der Waals surface area contributed by atoms with Crippen molar-refractivity contribution < 1.29 is 22.3 Å². The highest BCUT2D eigenvalue weighted by atomic mass is 19.4. The van der Waals surface area contributed by atoms with Crippen LogP contribution in [0.2, 0.25) is 0 Å². The number of nitrogens with two attached hydrogens (primary N) is 1. The second-order valence-corrected chi connectivity index (χ2v) is 3.81.